The summed E-state index contributed by atoms with van der Waals surface area (Å²) in [5.74, 6) is 3.78. The molecule has 454 valence electrons. The van der Waals surface area contributed by atoms with Crippen molar-refractivity contribution in [1.29, 1.82) is 0 Å². The second kappa shape index (κ2) is 26.5. The maximum absolute atomic E-state index is 14.2. The van der Waals surface area contributed by atoms with Crippen molar-refractivity contribution in [2.45, 2.75) is 82.6 Å². The van der Waals surface area contributed by atoms with Crippen LogP contribution in [-0.4, -0.2) is 146 Å². The van der Waals surface area contributed by atoms with E-state index in [9.17, 15) is 37.6 Å². The molecule has 20 nitrogen and oxygen atoms in total. The fraction of sp³-hybridized carbons (Fsp3) is 0.385. The zero-order chi connectivity index (χ0) is 60.8. The first-order valence-corrected chi connectivity index (χ1v) is 31.5. The predicted molar refractivity (Wildman–Crippen MR) is 331 cm³/mol. The van der Waals surface area contributed by atoms with E-state index in [1.165, 1.54) is 28.8 Å². The van der Waals surface area contributed by atoms with Crippen LogP contribution >= 0.6 is 11.6 Å². The summed E-state index contributed by atoms with van der Waals surface area (Å²) >= 11 is 6.28. The van der Waals surface area contributed by atoms with Crippen LogP contribution in [0.15, 0.2) is 114 Å². The maximum Gasteiger partial charge on any atom is 0.268 e. The number of hydrogen-bond acceptors (Lipinski definition) is 16. The number of rotatable bonds is 20. The summed E-state index contributed by atoms with van der Waals surface area (Å²) in [7, 11) is -4.47. The van der Waals surface area contributed by atoms with Gasteiger partial charge in [0.15, 0.2) is 0 Å². The molecule has 5 aliphatic rings. The number of nitrogens with one attached hydrogen (secondary N) is 5. The Morgan fingerprint density at radius 2 is 1.69 bits per heavy atom. The molecule has 6 heterocycles. The van der Waals surface area contributed by atoms with Crippen LogP contribution in [0.25, 0.3) is 16.6 Å². The Bertz CT molecular complexity index is 3830. The largest absolute Gasteiger partial charge is 0.455 e. The van der Waals surface area contributed by atoms with Gasteiger partial charge in [-0.15, -0.1) is 0 Å². The third-order valence-corrected chi connectivity index (χ3v) is 18.6. The van der Waals surface area contributed by atoms with Gasteiger partial charge in [0.05, 0.1) is 45.8 Å². The van der Waals surface area contributed by atoms with E-state index >= 15 is 0 Å². The molecule has 3 saturated heterocycles. The Hall–Kier alpha value is -8.10. The molecule has 0 saturated carbocycles. The van der Waals surface area contributed by atoms with E-state index in [1.54, 1.807) is 54.9 Å². The van der Waals surface area contributed by atoms with E-state index in [-0.39, 0.29) is 57.2 Å². The number of aromatic nitrogens is 2. The lowest BCUT2D eigenvalue weighted by molar-refractivity contribution is -0.136. The minimum absolute atomic E-state index is 0.00510. The third kappa shape index (κ3) is 14.3. The van der Waals surface area contributed by atoms with Crippen molar-refractivity contribution in [3.05, 3.63) is 142 Å². The first kappa shape index (κ1) is 60.6. The lowest BCUT2D eigenvalue weighted by Crippen LogP contribution is -2.54. The summed E-state index contributed by atoms with van der Waals surface area (Å²) in [4.78, 5) is 79.8. The molecule has 0 radical (unpaired) electrons. The Balaban J connectivity index is 0.660. The van der Waals surface area contributed by atoms with Gasteiger partial charge in [-0.05, 0) is 147 Å². The average molecular weight is 1220 g/mol. The molecule has 2 unspecified atom stereocenters. The summed E-state index contributed by atoms with van der Waals surface area (Å²) in [6.45, 7) is 12.8. The molecular weight excluding hydrogens is 1150 g/mol. The minimum atomic E-state index is -4.47. The van der Waals surface area contributed by atoms with E-state index < -0.39 is 45.6 Å². The highest BCUT2D eigenvalue weighted by Crippen LogP contribution is 2.44. The topological polar surface area (TPSA) is 248 Å². The number of carbonyl (C=O) groups excluding carboxylic acids is 5. The number of imide groups is 2. The summed E-state index contributed by atoms with van der Waals surface area (Å²) in [6.07, 6.45) is 9.89. The first-order chi connectivity index (χ1) is 42.0. The number of sulfonamides is 1. The molecule has 22 heteroatoms. The van der Waals surface area contributed by atoms with Crippen molar-refractivity contribution < 1.29 is 47.1 Å². The molecule has 2 atom stereocenters. The number of allylic oxidation sites excluding steroid dienone is 1. The number of fused-ring (bicyclic) bond motifs is 2. The lowest BCUT2D eigenvalue weighted by Gasteiger charge is -2.39. The number of H-pyrrole nitrogens is 1. The number of ether oxygens (including phenoxy) is 2. The monoisotopic (exact) mass is 1220 g/mol. The Morgan fingerprint density at radius 1 is 0.874 bits per heavy atom. The second-order valence-corrected chi connectivity index (χ2v) is 25.8. The van der Waals surface area contributed by atoms with Gasteiger partial charge in [0.1, 0.15) is 23.2 Å². The standard InChI is InChI=1S/C65H71ClN10O10S/c1-65(2)23-21-46(54(37-65)44-10-12-47(66)13-11-44)41-74-27-29-75(30-28-74)48-14-17-52(58(35-48)86-49-34-45-22-24-67-60(45)69-39-49)61(78)72-87(83,84)50-15-18-55(56(36-50)71-82)68-38-43-8-5-25-73(40-43)26-6-32-85-31-4-3-7-42-9-16-51-53(33-42)64(81)76(63(51)80)57-19-20-59(77)70-62(57)79/h9-18,22,24,33-36,39,43,57,68,71,82H,4-6,8,19-21,23,25-32,37-38,40-41H2,1-2H3,(H,67,69)(H,72,78)(H,70,77,79). The zero-order valence-electron chi connectivity index (χ0n) is 48.8. The lowest BCUT2D eigenvalue weighted by atomic mass is 9.72. The first-order valence-electron chi connectivity index (χ1n) is 29.7. The Morgan fingerprint density at radius 3 is 2.49 bits per heavy atom. The van der Waals surface area contributed by atoms with E-state index in [2.05, 4.69) is 83.3 Å². The van der Waals surface area contributed by atoms with Gasteiger partial charge in [-0.2, -0.15) is 0 Å². The molecule has 3 fully saturated rings. The molecule has 87 heavy (non-hydrogen) atoms. The quantitative estimate of drug-likeness (QED) is 0.0181. The number of piperidine rings is 2. The van der Waals surface area contributed by atoms with Crippen LogP contribution in [0.2, 0.25) is 5.02 Å². The number of carbonyl (C=O) groups is 5. The fourth-order valence-corrected chi connectivity index (χ4v) is 13.4. The normalized spacial score (nSPS) is 19.2. The van der Waals surface area contributed by atoms with Crippen LogP contribution in [0.3, 0.4) is 0 Å². The van der Waals surface area contributed by atoms with Crippen molar-refractivity contribution in [2.75, 3.05) is 87.8 Å². The number of pyridine rings is 1. The van der Waals surface area contributed by atoms with Gasteiger partial charge in [0.2, 0.25) is 11.8 Å². The maximum atomic E-state index is 14.2. The van der Waals surface area contributed by atoms with Gasteiger partial charge in [-0.3, -0.25) is 49.8 Å². The van der Waals surface area contributed by atoms with Crippen molar-refractivity contribution in [3.63, 3.8) is 0 Å². The molecule has 2 aromatic heterocycles. The van der Waals surface area contributed by atoms with E-state index in [0.717, 1.165) is 112 Å². The number of hydrogen-bond donors (Lipinski definition) is 6. The second-order valence-electron chi connectivity index (χ2n) is 23.7. The molecule has 1 aliphatic carbocycles. The number of nitrogens with zero attached hydrogens (tertiary/aromatic N) is 5. The van der Waals surface area contributed by atoms with Gasteiger partial charge in [0.25, 0.3) is 27.7 Å². The predicted octanol–water partition coefficient (Wildman–Crippen LogP) is 9.09. The number of benzene rings is 4. The summed E-state index contributed by atoms with van der Waals surface area (Å²) in [5, 5.41) is 17.4. The van der Waals surface area contributed by atoms with Crippen molar-refractivity contribution in [3.8, 4) is 23.3 Å². The van der Waals surface area contributed by atoms with Crippen molar-refractivity contribution in [2.24, 2.45) is 11.3 Å². The van der Waals surface area contributed by atoms with Gasteiger partial charge in [-0.1, -0.05) is 55.0 Å². The smallest absolute Gasteiger partial charge is 0.268 e. The molecular formula is C65H71ClN10O10S. The highest BCUT2D eigenvalue weighted by atomic mass is 35.5. The van der Waals surface area contributed by atoms with E-state index in [1.807, 2.05) is 24.3 Å². The molecule has 0 spiro atoms. The summed E-state index contributed by atoms with van der Waals surface area (Å²) in [6, 6.07) is 25.0. The highest BCUT2D eigenvalue weighted by Gasteiger charge is 2.45. The molecule has 11 rings (SSSR count). The van der Waals surface area contributed by atoms with Gasteiger partial charge in [0, 0.05) is 106 Å². The molecule has 4 aromatic carbocycles. The number of aromatic amines is 1. The average Bonchev–Trinajstić information content (AvgIpc) is 1.85. The van der Waals surface area contributed by atoms with Crippen LogP contribution in [0.5, 0.6) is 11.5 Å². The summed E-state index contributed by atoms with van der Waals surface area (Å²) in [5.41, 5.74) is 9.52. The van der Waals surface area contributed by atoms with E-state index in [0.29, 0.717) is 48.8 Å². The summed E-state index contributed by atoms with van der Waals surface area (Å²) < 4.78 is 42.5. The molecule has 6 aromatic rings. The van der Waals surface area contributed by atoms with Crippen LogP contribution < -0.4 is 30.5 Å². The third-order valence-electron chi connectivity index (χ3n) is 17.0. The Kier molecular flexibility index (Phi) is 18.4. The number of amides is 5. The van der Waals surface area contributed by atoms with Gasteiger partial charge < -0.3 is 29.6 Å². The Labute approximate surface area is 511 Å². The zero-order valence-corrected chi connectivity index (χ0v) is 50.3. The van der Waals surface area contributed by atoms with Gasteiger partial charge >= 0.3 is 0 Å². The SMILES string of the molecule is CC1(C)CCC(CN2CCN(c3ccc(C(=O)NS(=O)(=O)c4ccc(NCC5CCCN(CCCOCCC#Cc6ccc7c(c6)C(=O)N(C6CCC(=O)NC6=O)C7=O)C5)c(NO)c4)c(Oc4cnc5[nH]ccc5c4)c3)CC2)=C(c2ccc(Cl)cc2)C1. The molecule has 0 bridgehead atoms. The van der Waals surface area contributed by atoms with E-state index in [4.69, 9.17) is 21.1 Å². The highest BCUT2D eigenvalue weighted by molar-refractivity contribution is 7.90. The molecule has 5 amide bonds. The number of halogens is 1. The molecule has 6 N–H and O–H groups in total. The van der Waals surface area contributed by atoms with Crippen LogP contribution in [0, 0.1) is 23.2 Å². The minimum Gasteiger partial charge on any atom is -0.455 e. The fourth-order valence-electron chi connectivity index (χ4n) is 12.3. The van der Waals surface area contributed by atoms with Crippen LogP contribution in [-0.2, 0) is 24.3 Å². The number of likely N-dealkylation sites (tertiary alicyclic amines) is 1. The van der Waals surface area contributed by atoms with Crippen LogP contribution in [0.4, 0.5) is 17.1 Å². The van der Waals surface area contributed by atoms with Gasteiger partial charge in [-0.25, -0.2) is 18.1 Å². The number of piperazine rings is 1. The van der Waals surface area contributed by atoms with Crippen molar-refractivity contribution >= 4 is 84.8 Å². The molecule has 4 aliphatic heterocycles. The van der Waals surface area contributed by atoms with Crippen LogP contribution in [0.1, 0.15) is 114 Å². The van der Waals surface area contributed by atoms with Crippen molar-refractivity contribution in [1.82, 2.24) is 34.7 Å². The number of anilines is 3.